The zero-order chi connectivity index (χ0) is 26.8. The molecule has 2 aliphatic rings. The minimum absolute atomic E-state index is 0. The molecule has 0 saturated heterocycles. The van der Waals surface area contributed by atoms with E-state index in [2.05, 4.69) is 41.3 Å². The van der Waals surface area contributed by atoms with E-state index in [1.54, 1.807) is 24.5 Å². The van der Waals surface area contributed by atoms with Crippen LogP contribution in [0.15, 0.2) is 77.7 Å². The predicted molar refractivity (Wildman–Crippen MR) is 153 cm³/mol. The Morgan fingerprint density at radius 3 is 2.33 bits per heavy atom. The second kappa shape index (κ2) is 13.4. The molecule has 5 rings (SSSR count). The summed E-state index contributed by atoms with van der Waals surface area (Å²) < 4.78 is 34.6. The lowest BCUT2D eigenvalue weighted by molar-refractivity contribution is 0.258. The molecule has 0 aromatic heterocycles. The van der Waals surface area contributed by atoms with Crippen LogP contribution < -0.4 is 9.62 Å². The molecule has 0 spiro atoms. The van der Waals surface area contributed by atoms with Gasteiger partial charge in [0.1, 0.15) is 0 Å². The standard InChI is InChI=1S/C16H16ClNO3S.C10H13NO.CH4S.H2/c17-13-6-9-15(10-7-13)22(20,21)18-14(11-19)8-5-12-3-1-2-4-16(12)18;12-7-9-6-5-8-3-1-2-4-10(8)11-9;1-2;/h1-4,6-7,9-10,14,19H,5,8,11H2;1-4,9,11-12H,5-7H2;2H,1H3;1H/i19T;;;. The molecule has 0 saturated carbocycles. The highest BCUT2D eigenvalue weighted by Gasteiger charge is 2.35. The fourth-order valence-electron chi connectivity index (χ4n) is 4.41. The van der Waals surface area contributed by atoms with Gasteiger partial charge in [-0.1, -0.05) is 48.0 Å². The van der Waals surface area contributed by atoms with Gasteiger partial charge in [-0.05, 0) is 79.5 Å². The number of benzene rings is 3. The molecule has 2 heterocycles. The van der Waals surface area contributed by atoms with Crippen LogP contribution in [-0.4, -0.2) is 51.6 Å². The summed E-state index contributed by atoms with van der Waals surface area (Å²) in [5.41, 5.74) is 4.17. The Morgan fingerprint density at radius 1 is 1.00 bits per heavy atom. The maximum Gasteiger partial charge on any atom is 0.264 e. The van der Waals surface area contributed by atoms with Crippen LogP contribution in [0.4, 0.5) is 11.4 Å². The van der Waals surface area contributed by atoms with Crippen molar-refractivity contribution in [2.45, 2.75) is 42.7 Å². The number of sulfonamides is 1. The molecule has 3 aromatic rings. The maximum atomic E-state index is 13.1. The Kier molecular flexibility index (Phi) is 9.95. The summed E-state index contributed by atoms with van der Waals surface area (Å²) in [6.07, 6.45) is 5.18. The number of para-hydroxylation sites is 2. The lowest BCUT2D eigenvalue weighted by Gasteiger charge is -2.36. The fourth-order valence-corrected chi connectivity index (χ4v) is 6.24. The molecule has 6 nitrogen and oxygen atoms in total. The van der Waals surface area contributed by atoms with Crippen LogP contribution in [0.25, 0.3) is 0 Å². The number of halogens is 1. The van der Waals surface area contributed by atoms with Gasteiger partial charge in [0.05, 0.1) is 29.8 Å². The summed E-state index contributed by atoms with van der Waals surface area (Å²) in [6, 6.07) is 21.7. The van der Waals surface area contributed by atoms with E-state index in [4.69, 9.17) is 18.1 Å². The molecule has 2 atom stereocenters. The molecule has 0 amide bonds. The summed E-state index contributed by atoms with van der Waals surface area (Å²) in [5, 5.41) is 17.2. The molecule has 3 aromatic carbocycles. The van der Waals surface area contributed by atoms with Crippen LogP contribution in [-0.2, 0) is 22.9 Å². The number of aliphatic hydroxyl groups excluding tert-OH is 2. The number of aliphatic hydroxyl groups is 2. The lowest BCUT2D eigenvalue weighted by atomic mass is 9.99. The SMILES string of the molecule is CS.OCC1CCc2ccccc2N1.[3H]OCC1CCc2ccccc2N1S(=O)(=O)c1ccc(Cl)cc1.[HH]. The van der Waals surface area contributed by atoms with E-state index in [9.17, 15) is 8.42 Å². The third kappa shape index (κ3) is 6.55. The molecule has 3 N–H and O–H groups in total. The first-order valence-corrected chi connectivity index (χ1v) is 14.5. The number of fused-ring (bicyclic) bond motifs is 2. The topological polar surface area (TPSA) is 89.9 Å². The molecule has 0 bridgehead atoms. The molecular weight excluding hydrogens is 516 g/mol. The van der Waals surface area contributed by atoms with Crippen molar-refractivity contribution in [3.05, 3.63) is 88.9 Å². The molecule has 196 valence electrons. The Labute approximate surface area is 227 Å². The molecule has 36 heavy (non-hydrogen) atoms. The summed E-state index contributed by atoms with van der Waals surface area (Å²) in [6.45, 7) is 0.259. The maximum absolute atomic E-state index is 13.1. The average molecular weight is 553 g/mol. The Morgan fingerprint density at radius 2 is 1.64 bits per heavy atom. The van der Waals surface area contributed by atoms with Crippen molar-refractivity contribution < 1.29 is 20.1 Å². The first-order chi connectivity index (χ1) is 17.9. The van der Waals surface area contributed by atoms with Crippen molar-refractivity contribution in [3.8, 4) is 0 Å². The Hall–Kier alpha value is -2.23. The Bertz CT molecular complexity index is 1250. The molecule has 0 radical (unpaired) electrons. The highest BCUT2D eigenvalue weighted by molar-refractivity contribution is 7.92. The van der Waals surface area contributed by atoms with Crippen molar-refractivity contribution >= 4 is 45.6 Å². The molecule has 2 unspecified atom stereocenters. The number of hydrogen-bond acceptors (Lipinski definition) is 6. The van der Waals surface area contributed by atoms with Crippen molar-refractivity contribution in [2.75, 3.05) is 29.1 Å². The number of anilines is 2. The van der Waals surface area contributed by atoms with Crippen LogP contribution in [0, 0.1) is 0 Å². The number of thiol groups is 1. The van der Waals surface area contributed by atoms with Gasteiger partial charge in [-0.15, -0.1) is 0 Å². The van der Waals surface area contributed by atoms with Gasteiger partial charge < -0.3 is 15.5 Å². The number of rotatable bonds is 5. The number of hydrogen-bond donors (Lipinski definition) is 4. The van der Waals surface area contributed by atoms with E-state index < -0.39 is 16.1 Å². The van der Waals surface area contributed by atoms with Crippen LogP contribution in [0.5, 0.6) is 0 Å². The third-order valence-corrected chi connectivity index (χ3v) is 8.36. The average Bonchev–Trinajstić information content (AvgIpc) is 2.94. The van der Waals surface area contributed by atoms with Crippen molar-refractivity contribution in [3.63, 3.8) is 0 Å². The van der Waals surface area contributed by atoms with Gasteiger partial charge in [0.15, 0.2) is 0 Å². The van der Waals surface area contributed by atoms with Gasteiger partial charge in [-0.25, -0.2) is 8.42 Å². The Balaban J connectivity index is 0.000000285. The van der Waals surface area contributed by atoms with Crippen LogP contribution in [0.1, 0.15) is 25.4 Å². The normalized spacial score (nSPS) is 18.7. The van der Waals surface area contributed by atoms with Crippen molar-refractivity contribution in [1.29, 1.82) is 1.43 Å². The van der Waals surface area contributed by atoms with Gasteiger partial charge in [-0.3, -0.25) is 4.31 Å². The van der Waals surface area contributed by atoms with Gasteiger partial charge in [0.2, 0.25) is 1.43 Å². The fraction of sp³-hybridized carbons (Fsp3) is 0.333. The summed E-state index contributed by atoms with van der Waals surface area (Å²) in [5.74, 6) is 0. The minimum Gasteiger partial charge on any atom is -0.394 e. The first-order valence-electron chi connectivity index (χ1n) is 12.2. The molecule has 2 aliphatic heterocycles. The van der Waals surface area contributed by atoms with E-state index in [-0.39, 0.29) is 25.6 Å². The van der Waals surface area contributed by atoms with E-state index in [0.717, 1.165) is 24.8 Å². The quantitative estimate of drug-likeness (QED) is 0.333. The van der Waals surface area contributed by atoms with Gasteiger partial charge in [0.25, 0.3) is 10.0 Å². The number of aryl methyl sites for hydroxylation is 2. The lowest BCUT2D eigenvalue weighted by Crippen LogP contribution is -2.45. The van der Waals surface area contributed by atoms with Gasteiger partial charge in [-0.2, -0.15) is 12.6 Å². The predicted octanol–water partition coefficient (Wildman–Crippen LogP) is 5.04. The molecule has 9 heteroatoms. The van der Waals surface area contributed by atoms with Gasteiger partial charge >= 0.3 is 0 Å². The van der Waals surface area contributed by atoms with Crippen LogP contribution in [0.3, 0.4) is 0 Å². The van der Waals surface area contributed by atoms with E-state index in [0.29, 0.717) is 17.1 Å². The van der Waals surface area contributed by atoms with E-state index in [1.165, 1.54) is 27.7 Å². The van der Waals surface area contributed by atoms with E-state index >= 15 is 0 Å². The van der Waals surface area contributed by atoms with Crippen LogP contribution >= 0.6 is 24.2 Å². The van der Waals surface area contributed by atoms with Crippen LogP contribution in [0.2, 0.25) is 5.02 Å². The van der Waals surface area contributed by atoms with Crippen molar-refractivity contribution in [2.24, 2.45) is 0 Å². The monoisotopic (exact) mass is 552 g/mol. The zero-order valence-electron chi connectivity index (χ0n) is 21.2. The van der Waals surface area contributed by atoms with E-state index in [1.807, 2.05) is 24.3 Å². The second-order valence-electron chi connectivity index (χ2n) is 8.46. The highest BCUT2D eigenvalue weighted by Crippen LogP contribution is 2.35. The number of nitrogens with zero attached hydrogens (tertiary/aromatic N) is 1. The summed E-state index contributed by atoms with van der Waals surface area (Å²) in [7, 11) is -3.75. The third-order valence-electron chi connectivity index (χ3n) is 6.23. The minimum atomic E-state index is -3.75. The second-order valence-corrected chi connectivity index (χ2v) is 10.7. The molecule has 0 fully saturated rings. The zero-order valence-corrected chi connectivity index (χ0v) is 22.6. The summed E-state index contributed by atoms with van der Waals surface area (Å²) >= 11 is 9.38. The molecule has 0 aliphatic carbocycles. The summed E-state index contributed by atoms with van der Waals surface area (Å²) in [4.78, 5) is 0.175. The first kappa shape index (κ1) is 26.8. The smallest absolute Gasteiger partial charge is 0.264 e. The molecular formula is C27H35ClN2O4S2. The largest absolute Gasteiger partial charge is 0.394 e. The highest BCUT2D eigenvalue weighted by atomic mass is 35.5. The van der Waals surface area contributed by atoms with Gasteiger partial charge in [0, 0.05) is 18.2 Å². The number of nitrogens with one attached hydrogen (secondary N) is 1. The van der Waals surface area contributed by atoms with Crippen molar-refractivity contribution in [1.82, 2.24) is 0 Å².